The smallest absolute Gasteiger partial charge is 0.309 e. The van der Waals surface area contributed by atoms with E-state index >= 15 is 0 Å². The Bertz CT molecular complexity index is 578. The fourth-order valence-electron chi connectivity index (χ4n) is 3.18. The van der Waals surface area contributed by atoms with E-state index in [2.05, 4.69) is 31.3 Å². The third kappa shape index (κ3) is 4.49. The Balaban J connectivity index is 1.85. The number of likely N-dealkylation sites (tertiary alicyclic amines) is 1. The quantitative estimate of drug-likeness (QED) is 0.814. The summed E-state index contributed by atoms with van der Waals surface area (Å²) in [5.41, 5.74) is 3.45. The fraction of sp³-hybridized carbons (Fsp3) is 0.579. The van der Waals surface area contributed by atoms with Gasteiger partial charge in [-0.05, 0) is 44.2 Å². The summed E-state index contributed by atoms with van der Waals surface area (Å²) in [7, 11) is 0. The number of piperidine rings is 1. The number of esters is 1. The molecular formula is C19H28N2O3. The van der Waals surface area contributed by atoms with Crippen LogP contribution in [0.2, 0.25) is 0 Å². The summed E-state index contributed by atoms with van der Waals surface area (Å²) in [6.07, 6.45) is 2.31. The molecular weight excluding hydrogens is 304 g/mol. The van der Waals surface area contributed by atoms with Gasteiger partial charge in [-0.2, -0.15) is 0 Å². The van der Waals surface area contributed by atoms with Crippen molar-refractivity contribution in [3.05, 3.63) is 29.3 Å². The molecule has 2 rings (SSSR count). The van der Waals surface area contributed by atoms with Gasteiger partial charge >= 0.3 is 5.97 Å². The van der Waals surface area contributed by atoms with Gasteiger partial charge in [-0.1, -0.05) is 25.1 Å². The highest BCUT2D eigenvalue weighted by Gasteiger charge is 2.28. The van der Waals surface area contributed by atoms with Crippen LogP contribution in [0.15, 0.2) is 18.2 Å². The molecule has 1 aromatic carbocycles. The van der Waals surface area contributed by atoms with Crippen LogP contribution in [0.5, 0.6) is 0 Å². The van der Waals surface area contributed by atoms with E-state index < -0.39 is 0 Å². The maximum absolute atomic E-state index is 12.4. The molecule has 1 amide bonds. The molecule has 0 spiro atoms. The van der Waals surface area contributed by atoms with Gasteiger partial charge in [0.25, 0.3) is 0 Å². The first-order chi connectivity index (χ1) is 11.6. The topological polar surface area (TPSA) is 58.6 Å². The number of anilines is 1. The van der Waals surface area contributed by atoms with Crippen LogP contribution in [0.1, 0.15) is 37.8 Å². The highest BCUT2D eigenvalue weighted by Crippen LogP contribution is 2.22. The second kappa shape index (κ2) is 8.71. The van der Waals surface area contributed by atoms with Gasteiger partial charge < -0.3 is 15.0 Å². The lowest BCUT2D eigenvalue weighted by Crippen LogP contribution is -2.43. The molecule has 24 heavy (non-hydrogen) atoms. The average Bonchev–Trinajstić information content (AvgIpc) is 2.60. The molecule has 1 heterocycles. The summed E-state index contributed by atoms with van der Waals surface area (Å²) in [4.78, 5) is 26.0. The number of amides is 1. The van der Waals surface area contributed by atoms with Crippen LogP contribution in [0.3, 0.4) is 0 Å². The van der Waals surface area contributed by atoms with Crippen molar-refractivity contribution in [2.24, 2.45) is 5.92 Å². The van der Waals surface area contributed by atoms with Gasteiger partial charge in [0.05, 0.1) is 19.1 Å². The molecule has 0 atom stereocenters. The van der Waals surface area contributed by atoms with E-state index in [1.54, 1.807) is 0 Å². The number of carbonyl (C=O) groups excluding carboxylic acids is 2. The lowest BCUT2D eigenvalue weighted by atomic mass is 9.97. The van der Waals surface area contributed by atoms with Gasteiger partial charge in [-0.3, -0.25) is 9.59 Å². The van der Waals surface area contributed by atoms with E-state index in [1.165, 1.54) is 5.56 Å². The van der Waals surface area contributed by atoms with Crippen LogP contribution in [-0.4, -0.2) is 43.0 Å². The van der Waals surface area contributed by atoms with Crippen molar-refractivity contribution < 1.29 is 14.3 Å². The van der Waals surface area contributed by atoms with Crippen molar-refractivity contribution >= 4 is 17.6 Å². The first kappa shape index (κ1) is 18.3. The molecule has 1 aliphatic heterocycles. The molecule has 0 bridgehead atoms. The van der Waals surface area contributed by atoms with E-state index in [-0.39, 0.29) is 17.8 Å². The molecule has 0 radical (unpaired) electrons. The molecule has 1 aliphatic rings. The summed E-state index contributed by atoms with van der Waals surface area (Å²) in [5, 5.41) is 3.30. The lowest BCUT2D eigenvalue weighted by Gasteiger charge is -2.31. The molecule has 1 fully saturated rings. The lowest BCUT2D eigenvalue weighted by molar-refractivity contribution is -0.151. The number of nitrogens with zero attached hydrogens (tertiary/aromatic N) is 1. The number of ether oxygens (including phenoxy) is 1. The Kier molecular flexibility index (Phi) is 6.64. The molecule has 132 valence electrons. The van der Waals surface area contributed by atoms with Gasteiger partial charge in [0, 0.05) is 18.8 Å². The number of aryl methyl sites for hydroxylation is 2. The van der Waals surface area contributed by atoms with Crippen molar-refractivity contribution in [1.82, 2.24) is 4.90 Å². The Morgan fingerprint density at radius 3 is 2.58 bits per heavy atom. The molecule has 0 aromatic heterocycles. The molecule has 0 aliphatic carbocycles. The SMILES string of the molecule is CCOC(=O)C1CCN(C(=O)CNc2c(C)cccc2CC)CC1. The van der Waals surface area contributed by atoms with E-state index in [0.29, 0.717) is 39.1 Å². The van der Waals surface area contributed by atoms with Crippen LogP contribution in [-0.2, 0) is 20.7 Å². The average molecular weight is 332 g/mol. The molecule has 1 aromatic rings. The number of hydrogen-bond donors (Lipinski definition) is 1. The van der Waals surface area contributed by atoms with Crippen LogP contribution < -0.4 is 5.32 Å². The molecule has 0 saturated carbocycles. The number of hydrogen-bond acceptors (Lipinski definition) is 4. The number of rotatable bonds is 6. The van der Waals surface area contributed by atoms with Crippen molar-refractivity contribution in [2.45, 2.75) is 40.0 Å². The van der Waals surface area contributed by atoms with Gasteiger partial charge in [0.2, 0.25) is 5.91 Å². The zero-order chi connectivity index (χ0) is 17.5. The van der Waals surface area contributed by atoms with Crippen LogP contribution in [0.4, 0.5) is 5.69 Å². The predicted octanol–water partition coefficient (Wildman–Crippen LogP) is 2.77. The maximum atomic E-state index is 12.4. The maximum Gasteiger partial charge on any atom is 0.309 e. The van der Waals surface area contributed by atoms with Crippen LogP contribution >= 0.6 is 0 Å². The van der Waals surface area contributed by atoms with E-state index in [9.17, 15) is 9.59 Å². The summed E-state index contributed by atoms with van der Waals surface area (Å²) in [6.45, 7) is 7.94. The van der Waals surface area contributed by atoms with E-state index in [4.69, 9.17) is 4.74 Å². The summed E-state index contributed by atoms with van der Waals surface area (Å²) >= 11 is 0. The first-order valence-corrected chi connectivity index (χ1v) is 8.83. The van der Waals surface area contributed by atoms with Gasteiger partial charge in [0.1, 0.15) is 0 Å². The van der Waals surface area contributed by atoms with Crippen LogP contribution in [0.25, 0.3) is 0 Å². The zero-order valence-electron chi connectivity index (χ0n) is 14.9. The molecule has 5 heteroatoms. The number of carbonyl (C=O) groups is 2. The Hall–Kier alpha value is -2.04. The molecule has 1 N–H and O–H groups in total. The third-order valence-electron chi connectivity index (χ3n) is 4.62. The molecule has 1 saturated heterocycles. The second-order valence-electron chi connectivity index (χ2n) is 6.22. The van der Waals surface area contributed by atoms with Crippen molar-refractivity contribution in [1.29, 1.82) is 0 Å². The standard InChI is InChI=1S/C19H28N2O3/c1-4-15-8-6-7-14(3)18(15)20-13-17(22)21-11-9-16(10-12-21)19(23)24-5-2/h6-8,16,20H,4-5,9-13H2,1-3H3. The highest BCUT2D eigenvalue weighted by atomic mass is 16.5. The van der Waals surface area contributed by atoms with Gasteiger partial charge in [-0.25, -0.2) is 0 Å². The van der Waals surface area contributed by atoms with E-state index in [1.807, 2.05) is 17.9 Å². The Labute approximate surface area is 144 Å². The number of nitrogens with one attached hydrogen (secondary N) is 1. The van der Waals surface area contributed by atoms with Crippen LogP contribution in [0, 0.1) is 12.8 Å². The van der Waals surface area contributed by atoms with Crippen molar-refractivity contribution in [3.8, 4) is 0 Å². The second-order valence-corrected chi connectivity index (χ2v) is 6.22. The van der Waals surface area contributed by atoms with Crippen molar-refractivity contribution in [3.63, 3.8) is 0 Å². The summed E-state index contributed by atoms with van der Waals surface area (Å²) in [5.74, 6) is -0.108. The number of benzene rings is 1. The Morgan fingerprint density at radius 2 is 1.96 bits per heavy atom. The number of para-hydroxylation sites is 1. The largest absolute Gasteiger partial charge is 0.466 e. The monoisotopic (exact) mass is 332 g/mol. The zero-order valence-corrected chi connectivity index (χ0v) is 14.9. The van der Waals surface area contributed by atoms with Gasteiger partial charge in [0.15, 0.2) is 0 Å². The minimum absolute atomic E-state index is 0.0648. The van der Waals surface area contributed by atoms with Gasteiger partial charge in [-0.15, -0.1) is 0 Å². The Morgan fingerprint density at radius 1 is 1.25 bits per heavy atom. The summed E-state index contributed by atoms with van der Waals surface area (Å²) < 4.78 is 5.07. The summed E-state index contributed by atoms with van der Waals surface area (Å²) in [6, 6.07) is 6.18. The highest BCUT2D eigenvalue weighted by molar-refractivity contribution is 5.82. The third-order valence-corrected chi connectivity index (χ3v) is 4.62. The minimum Gasteiger partial charge on any atom is -0.466 e. The molecule has 0 unspecified atom stereocenters. The molecule has 5 nitrogen and oxygen atoms in total. The predicted molar refractivity (Wildman–Crippen MR) is 95.0 cm³/mol. The van der Waals surface area contributed by atoms with Crippen molar-refractivity contribution in [2.75, 3.05) is 31.6 Å². The fourth-order valence-corrected chi connectivity index (χ4v) is 3.18. The minimum atomic E-state index is -0.129. The van der Waals surface area contributed by atoms with E-state index in [0.717, 1.165) is 17.7 Å². The normalized spacial score (nSPS) is 15.2. The first-order valence-electron chi connectivity index (χ1n) is 8.83.